The van der Waals surface area contributed by atoms with Crippen molar-refractivity contribution in [2.24, 2.45) is 0 Å². The maximum Gasteiger partial charge on any atom is 0.485 e. The van der Waals surface area contributed by atoms with Crippen LogP contribution in [0, 0.1) is 0 Å². The highest BCUT2D eigenvalue weighted by molar-refractivity contribution is 7.86. The summed E-state index contributed by atoms with van der Waals surface area (Å²) in [6.45, 7) is 2.01. The Morgan fingerprint density at radius 1 is 0.966 bits per heavy atom. The molecule has 0 aliphatic rings. The second-order valence-corrected chi connectivity index (χ2v) is 8.10. The first-order valence-corrected chi connectivity index (χ1v) is 10.0. The lowest BCUT2D eigenvalue weighted by Gasteiger charge is -2.08. The van der Waals surface area contributed by atoms with E-state index in [1.165, 1.54) is 4.90 Å². The van der Waals surface area contributed by atoms with Gasteiger partial charge in [0.1, 0.15) is 0 Å². The molecule has 0 amide bonds. The molecule has 0 fully saturated rings. The van der Waals surface area contributed by atoms with E-state index in [4.69, 9.17) is 25.9 Å². The van der Waals surface area contributed by atoms with Gasteiger partial charge < -0.3 is 19.1 Å². The van der Waals surface area contributed by atoms with Crippen LogP contribution in [-0.4, -0.2) is 62.7 Å². The summed E-state index contributed by atoms with van der Waals surface area (Å²) in [7, 11) is -7.91. The molecule has 0 aliphatic carbocycles. The van der Waals surface area contributed by atoms with Crippen molar-refractivity contribution in [1.82, 2.24) is 0 Å². The van der Waals surface area contributed by atoms with Crippen LogP contribution >= 0.6 is 0 Å². The average Bonchev–Trinajstić information content (AvgIpc) is 2.46. The summed E-state index contributed by atoms with van der Waals surface area (Å²) in [6, 6.07) is 5.48. The van der Waals surface area contributed by atoms with Crippen LogP contribution in [0.4, 0.5) is 26.3 Å². The number of alkyl halides is 6. The van der Waals surface area contributed by atoms with Crippen molar-refractivity contribution in [3.63, 3.8) is 0 Å². The lowest BCUT2D eigenvalue weighted by atomic mass is 10.3. The third-order valence-corrected chi connectivity index (χ3v) is 3.69. The van der Waals surface area contributed by atoms with Crippen LogP contribution in [0.25, 0.3) is 0 Å². The van der Waals surface area contributed by atoms with E-state index < -0.39 is 31.3 Å². The zero-order chi connectivity index (χ0) is 23.7. The topological polar surface area (TPSA) is 143 Å². The van der Waals surface area contributed by atoms with Gasteiger partial charge in [-0.15, -0.1) is 0 Å². The summed E-state index contributed by atoms with van der Waals surface area (Å²) < 4.78 is 120. The first-order valence-electron chi connectivity index (χ1n) is 7.21. The monoisotopic (exact) mass is 480 g/mol. The lowest BCUT2D eigenvalue weighted by molar-refractivity contribution is -0.861. The van der Waals surface area contributed by atoms with Crippen molar-refractivity contribution in [3.8, 4) is 5.88 Å². The Kier molecular flexibility index (Phi) is 11.7. The summed E-state index contributed by atoms with van der Waals surface area (Å²) in [4.78, 5) is 1.44. The molecule has 0 atom stereocenters. The van der Waals surface area contributed by atoms with Gasteiger partial charge in [-0.05, 0) is 6.07 Å². The van der Waals surface area contributed by atoms with E-state index in [9.17, 15) is 31.4 Å². The zero-order valence-electron chi connectivity index (χ0n) is 14.9. The van der Waals surface area contributed by atoms with E-state index in [0.29, 0.717) is 5.88 Å². The molecule has 1 aromatic rings. The zero-order valence-corrected chi connectivity index (χ0v) is 16.5. The standard InChI is InChI=1S/C10H16N2O.2CHF3O3S/c1-11(2)7-5-9-12-8-4-3-6-10(12)13;2*2-1(3,4)8(5,6)7/h3-4,6,8H,5,7,9H2,1-2H3;2*(H,5,6,7). The van der Waals surface area contributed by atoms with Crippen LogP contribution in [0.15, 0.2) is 24.4 Å². The molecule has 0 aliphatic heterocycles. The van der Waals surface area contributed by atoms with Crippen molar-refractivity contribution in [2.45, 2.75) is 24.0 Å². The smallest absolute Gasteiger partial charge is 0.485 e. The van der Waals surface area contributed by atoms with Gasteiger partial charge in [0, 0.05) is 6.07 Å². The fourth-order valence-electron chi connectivity index (χ4n) is 1.26. The maximum absolute atomic E-state index is 10.7. The van der Waals surface area contributed by atoms with E-state index in [2.05, 4.69) is 14.1 Å². The number of aromatic nitrogens is 1. The Labute approximate surface area is 162 Å². The second kappa shape index (κ2) is 11.5. The van der Waals surface area contributed by atoms with Crippen molar-refractivity contribution < 1.29 is 66.9 Å². The number of hydrogen-bond donors (Lipinski definition) is 2. The number of halogens is 6. The van der Waals surface area contributed by atoms with Crippen LogP contribution < -0.4 is 9.47 Å². The van der Waals surface area contributed by atoms with Crippen LogP contribution in [0.1, 0.15) is 6.42 Å². The normalized spacial score (nSPS) is 12.5. The number of pyridine rings is 1. The molecule has 0 aromatic carbocycles. The SMILES string of the molecule is C[NH+](C)CCC[n+]1ccccc1O.O=S(=O)([O-])C(F)(F)F.O=S(=O)([O-])C(F)(F)F. The molecule has 0 saturated carbocycles. The Morgan fingerprint density at radius 2 is 1.34 bits per heavy atom. The van der Waals surface area contributed by atoms with E-state index in [1.807, 2.05) is 22.9 Å². The largest absolute Gasteiger partial charge is 0.741 e. The van der Waals surface area contributed by atoms with Gasteiger partial charge in [-0.3, -0.25) is 0 Å². The van der Waals surface area contributed by atoms with Gasteiger partial charge in [0.15, 0.2) is 33.0 Å². The molecule has 1 heterocycles. The summed E-state index contributed by atoms with van der Waals surface area (Å²) in [5.74, 6) is 0.344. The van der Waals surface area contributed by atoms with Gasteiger partial charge in [0.25, 0.3) is 0 Å². The average molecular weight is 480 g/mol. The molecule has 29 heavy (non-hydrogen) atoms. The fraction of sp³-hybridized carbons (Fsp3) is 0.583. The molecule has 0 radical (unpaired) electrons. The van der Waals surface area contributed by atoms with Crippen molar-refractivity contribution in [2.75, 3.05) is 20.6 Å². The molecule has 2 N–H and O–H groups in total. The Morgan fingerprint density at radius 3 is 1.62 bits per heavy atom. The molecule has 9 nitrogen and oxygen atoms in total. The summed E-state index contributed by atoms with van der Waals surface area (Å²) in [6.07, 6.45) is 2.99. The van der Waals surface area contributed by atoms with E-state index in [0.717, 1.165) is 19.5 Å². The molecule has 0 bridgehead atoms. The number of aromatic hydroxyl groups is 1. The van der Waals surface area contributed by atoms with Gasteiger partial charge in [-0.25, -0.2) is 16.8 Å². The van der Waals surface area contributed by atoms with E-state index >= 15 is 0 Å². The van der Waals surface area contributed by atoms with Gasteiger partial charge in [-0.2, -0.15) is 30.9 Å². The third-order valence-electron chi connectivity index (χ3n) is 2.56. The van der Waals surface area contributed by atoms with Gasteiger partial charge in [0.2, 0.25) is 0 Å². The highest BCUT2D eigenvalue weighted by Crippen LogP contribution is 2.21. The number of quaternary nitrogens is 1. The number of aryl methyl sites for hydroxylation is 1. The van der Waals surface area contributed by atoms with Crippen molar-refractivity contribution in [1.29, 1.82) is 0 Å². The van der Waals surface area contributed by atoms with Crippen molar-refractivity contribution >= 4 is 20.2 Å². The Hall–Kier alpha value is -1.69. The second-order valence-electron chi connectivity index (χ2n) is 5.36. The third kappa shape index (κ3) is 14.0. The summed E-state index contributed by atoms with van der Waals surface area (Å²) >= 11 is 0. The van der Waals surface area contributed by atoms with E-state index in [1.54, 1.807) is 6.07 Å². The molecule has 1 rings (SSSR count). The van der Waals surface area contributed by atoms with Crippen LogP contribution in [0.2, 0.25) is 0 Å². The molecule has 17 heteroatoms. The highest BCUT2D eigenvalue weighted by atomic mass is 32.2. The molecule has 1 aromatic heterocycles. The minimum Gasteiger partial charge on any atom is -0.741 e. The molecule has 0 saturated heterocycles. The summed E-state index contributed by atoms with van der Waals surface area (Å²) in [5.41, 5.74) is -11.3. The minimum absolute atomic E-state index is 0.344. The Balaban J connectivity index is 0. The summed E-state index contributed by atoms with van der Waals surface area (Å²) in [5, 5.41) is 9.43. The quantitative estimate of drug-likeness (QED) is 0.252. The van der Waals surface area contributed by atoms with E-state index in [-0.39, 0.29) is 0 Å². The first-order chi connectivity index (χ1) is 12.7. The fourth-order valence-corrected chi connectivity index (χ4v) is 1.26. The van der Waals surface area contributed by atoms with Crippen LogP contribution in [-0.2, 0) is 26.8 Å². The van der Waals surface area contributed by atoms with Gasteiger partial charge in [-0.1, -0.05) is 0 Å². The predicted octanol–water partition coefficient (Wildman–Crippen LogP) is -0.683. The molecule has 0 unspecified atom stereocenters. The maximum atomic E-state index is 10.7. The van der Waals surface area contributed by atoms with Crippen LogP contribution in [0.5, 0.6) is 5.88 Å². The predicted molar refractivity (Wildman–Crippen MR) is 82.1 cm³/mol. The first kappa shape index (κ1) is 29.5. The molecular formula is C12H18F6N2O7S2. The van der Waals surface area contributed by atoms with Crippen LogP contribution in [0.3, 0.4) is 0 Å². The number of nitrogens with zero attached hydrogens (tertiary/aromatic N) is 1. The minimum atomic E-state index is -6.09. The molecule has 172 valence electrons. The van der Waals surface area contributed by atoms with Crippen molar-refractivity contribution in [3.05, 3.63) is 24.4 Å². The Bertz CT molecular complexity index is 782. The number of rotatable bonds is 4. The number of hydrogen-bond acceptors (Lipinski definition) is 7. The molecule has 0 spiro atoms. The van der Waals surface area contributed by atoms with Gasteiger partial charge >= 0.3 is 16.9 Å². The lowest BCUT2D eigenvalue weighted by Crippen LogP contribution is -3.05. The van der Waals surface area contributed by atoms with Gasteiger partial charge in [0.05, 0.1) is 33.1 Å². The number of nitrogens with one attached hydrogen (secondary N) is 1. The molecular weight excluding hydrogens is 462 g/mol. The highest BCUT2D eigenvalue weighted by Gasteiger charge is 2.37.